The number of halogens is 1. The fourth-order valence-corrected chi connectivity index (χ4v) is 4.62. The summed E-state index contributed by atoms with van der Waals surface area (Å²) in [4.78, 5) is 12.5. The number of hydrogen-bond acceptors (Lipinski definition) is 3. The minimum atomic E-state index is -0.736. The number of rotatable bonds is 18. The Morgan fingerprint density at radius 1 is 0.879 bits per heavy atom. The number of amidine groups is 1. The minimum Gasteiger partial charge on any atom is -0.339 e. The Bertz CT molecular complexity index is 704. The first-order valence-electron chi connectivity index (χ1n) is 13.2. The van der Waals surface area contributed by atoms with Crippen molar-refractivity contribution >= 4 is 24.6 Å². The van der Waals surface area contributed by atoms with Crippen LogP contribution in [-0.4, -0.2) is 17.3 Å². The predicted octanol–water partition coefficient (Wildman–Crippen LogP) is 7.69. The molecule has 0 atom stereocenters. The van der Waals surface area contributed by atoms with E-state index in [-0.39, 0.29) is 11.7 Å². The van der Waals surface area contributed by atoms with Gasteiger partial charge in [-0.3, -0.25) is 4.79 Å². The summed E-state index contributed by atoms with van der Waals surface area (Å²) in [6.07, 6.45) is 21.5. The summed E-state index contributed by atoms with van der Waals surface area (Å²) >= 11 is 3.77. The highest BCUT2D eigenvalue weighted by Crippen LogP contribution is 2.37. The molecular formula is C27H44FN3OS. The molecule has 186 valence electrons. The maximum atomic E-state index is 12.8. The first-order chi connectivity index (χ1) is 16.1. The summed E-state index contributed by atoms with van der Waals surface area (Å²) in [6, 6.07) is 7.76. The number of carbonyl (C=O) groups excluding carboxylic acids is 1. The van der Waals surface area contributed by atoms with E-state index in [0.717, 1.165) is 6.42 Å². The lowest BCUT2D eigenvalue weighted by molar-refractivity contribution is 0.0942. The Balaban J connectivity index is 1.50. The molecule has 6 heteroatoms. The fourth-order valence-electron chi connectivity index (χ4n) is 4.39. The number of hydrogen-bond donors (Lipinski definition) is 3. The Morgan fingerprint density at radius 3 is 1.79 bits per heavy atom. The van der Waals surface area contributed by atoms with Crippen molar-refractivity contribution in [1.29, 1.82) is 0 Å². The molecule has 1 fully saturated rings. The van der Waals surface area contributed by atoms with Gasteiger partial charge in [0.15, 0.2) is 5.84 Å². The summed E-state index contributed by atoms with van der Waals surface area (Å²) in [5, 5.41) is 2.88. The number of unbranched alkanes of at least 4 members (excludes halogenated alkanes) is 13. The first-order valence-corrected chi connectivity index (χ1v) is 13.6. The summed E-state index contributed by atoms with van der Waals surface area (Å²) in [6.45, 7) is 2.27. The molecule has 1 aliphatic carbocycles. The van der Waals surface area contributed by atoms with Crippen molar-refractivity contribution in [2.24, 2.45) is 4.40 Å². The zero-order valence-electron chi connectivity index (χ0n) is 20.5. The van der Waals surface area contributed by atoms with Crippen LogP contribution in [0.5, 0.6) is 0 Å². The molecule has 0 radical (unpaired) electrons. The highest BCUT2D eigenvalue weighted by molar-refractivity contribution is 7.79. The number of carbonyl (C=O) groups is 1. The molecule has 2 N–H and O–H groups in total. The topological polar surface area (TPSA) is 53.5 Å². The second-order valence-corrected chi connectivity index (χ2v) is 9.82. The third-order valence-corrected chi connectivity index (χ3v) is 6.98. The second-order valence-electron chi connectivity index (χ2n) is 9.62. The molecule has 1 aliphatic rings. The van der Waals surface area contributed by atoms with Crippen molar-refractivity contribution in [2.75, 3.05) is 0 Å². The monoisotopic (exact) mass is 477 g/mol. The summed E-state index contributed by atoms with van der Waals surface area (Å²) in [7, 11) is 0. The molecule has 1 saturated carbocycles. The molecule has 0 unspecified atom stereocenters. The van der Waals surface area contributed by atoms with Gasteiger partial charge >= 0.3 is 0 Å². The van der Waals surface area contributed by atoms with Gasteiger partial charge in [-0.15, -0.1) is 4.48 Å². The Hall–Kier alpha value is -1.56. The zero-order valence-corrected chi connectivity index (χ0v) is 21.4. The van der Waals surface area contributed by atoms with Gasteiger partial charge < -0.3 is 5.32 Å². The van der Waals surface area contributed by atoms with Crippen LogP contribution in [0.4, 0.5) is 4.48 Å². The third-order valence-electron chi connectivity index (χ3n) is 6.78. The summed E-state index contributed by atoms with van der Waals surface area (Å²) in [5.41, 5.74) is 2.65. The van der Waals surface area contributed by atoms with E-state index in [0.29, 0.717) is 18.4 Å². The van der Waals surface area contributed by atoms with Gasteiger partial charge in [0.1, 0.15) is 5.54 Å². The van der Waals surface area contributed by atoms with E-state index in [1.165, 1.54) is 101 Å². The molecule has 0 bridgehead atoms. The second kappa shape index (κ2) is 16.1. The lowest BCUT2D eigenvalue weighted by atomic mass is 10.0. The molecular weight excluding hydrogens is 433 g/mol. The predicted molar refractivity (Wildman–Crippen MR) is 141 cm³/mol. The molecule has 0 saturated heterocycles. The number of thiol groups is 1. The Labute approximate surface area is 206 Å². The molecule has 2 rings (SSSR count). The highest BCUT2D eigenvalue weighted by atomic mass is 32.1. The molecule has 0 spiro atoms. The van der Waals surface area contributed by atoms with Crippen LogP contribution >= 0.6 is 12.8 Å². The van der Waals surface area contributed by atoms with Crippen molar-refractivity contribution in [2.45, 2.75) is 122 Å². The van der Waals surface area contributed by atoms with Crippen molar-refractivity contribution in [3.05, 3.63) is 35.4 Å². The number of benzene rings is 1. The SMILES string of the molecule is CCCCCCCCCCCCCCCCc1ccc(C(=O)NC2(/C(=N/S)NF)CC2)cc1. The van der Waals surface area contributed by atoms with Crippen molar-refractivity contribution in [3.63, 3.8) is 0 Å². The van der Waals surface area contributed by atoms with Gasteiger partial charge in [-0.25, -0.2) is 9.94 Å². The van der Waals surface area contributed by atoms with Crippen LogP contribution in [0.25, 0.3) is 0 Å². The van der Waals surface area contributed by atoms with Gasteiger partial charge in [0, 0.05) is 5.56 Å². The number of nitrogens with zero attached hydrogens (tertiary/aromatic N) is 1. The van der Waals surface area contributed by atoms with Crippen LogP contribution in [0.15, 0.2) is 28.7 Å². The summed E-state index contributed by atoms with van der Waals surface area (Å²) < 4.78 is 16.4. The van der Waals surface area contributed by atoms with E-state index in [4.69, 9.17) is 0 Å². The van der Waals surface area contributed by atoms with Gasteiger partial charge in [0.2, 0.25) is 0 Å². The van der Waals surface area contributed by atoms with Crippen LogP contribution < -0.4 is 10.9 Å². The van der Waals surface area contributed by atoms with E-state index in [1.54, 1.807) is 0 Å². The smallest absolute Gasteiger partial charge is 0.252 e. The van der Waals surface area contributed by atoms with E-state index >= 15 is 0 Å². The first kappa shape index (κ1) is 27.7. The Morgan fingerprint density at radius 2 is 1.36 bits per heavy atom. The lowest BCUT2D eigenvalue weighted by Crippen LogP contribution is -2.47. The van der Waals surface area contributed by atoms with Crippen molar-refractivity contribution < 1.29 is 9.28 Å². The quantitative estimate of drug-likeness (QED) is 0.0667. The van der Waals surface area contributed by atoms with Gasteiger partial charge in [0.05, 0.1) is 0 Å². The van der Waals surface area contributed by atoms with Crippen LogP contribution in [0.2, 0.25) is 0 Å². The van der Waals surface area contributed by atoms with Crippen LogP contribution in [0, 0.1) is 0 Å². The lowest BCUT2D eigenvalue weighted by Gasteiger charge is -2.17. The minimum absolute atomic E-state index is 0.0635. The van der Waals surface area contributed by atoms with E-state index < -0.39 is 5.54 Å². The maximum Gasteiger partial charge on any atom is 0.252 e. The maximum absolute atomic E-state index is 12.8. The number of amides is 1. The van der Waals surface area contributed by atoms with Crippen LogP contribution in [-0.2, 0) is 6.42 Å². The van der Waals surface area contributed by atoms with E-state index in [9.17, 15) is 9.28 Å². The molecule has 4 nitrogen and oxygen atoms in total. The number of aryl methyl sites for hydroxylation is 1. The molecule has 1 amide bonds. The van der Waals surface area contributed by atoms with Gasteiger partial charge in [0.25, 0.3) is 5.91 Å². The summed E-state index contributed by atoms with van der Waals surface area (Å²) in [5.74, 6) is -0.145. The van der Waals surface area contributed by atoms with Crippen LogP contribution in [0.3, 0.4) is 0 Å². The Kier molecular flexibility index (Phi) is 13.5. The molecule has 33 heavy (non-hydrogen) atoms. The number of nitrogens with one attached hydrogen (secondary N) is 2. The molecule has 1 aromatic carbocycles. The van der Waals surface area contributed by atoms with Crippen molar-refractivity contribution in [3.8, 4) is 0 Å². The molecule has 0 aromatic heterocycles. The standard InChI is InChI=1S/C27H44FN3OS/c1-2-3-4-5-6-7-8-9-10-11-12-13-14-15-16-23-17-19-24(20-18-23)25(32)29-27(21-22-27)26(30-28)31-33/h17-20,33H,2-16,21-22H2,1H3,(H,29,32)(H,30,31). The van der Waals surface area contributed by atoms with E-state index in [1.807, 2.05) is 24.3 Å². The molecule has 0 aliphatic heterocycles. The third kappa shape index (κ3) is 10.5. The van der Waals surface area contributed by atoms with E-state index in [2.05, 4.69) is 29.5 Å². The average molecular weight is 478 g/mol. The fraction of sp³-hybridized carbons (Fsp3) is 0.704. The average Bonchev–Trinajstić information content (AvgIpc) is 3.60. The molecule has 1 aromatic rings. The normalized spacial score (nSPS) is 14.8. The van der Waals surface area contributed by atoms with Gasteiger partial charge in [-0.1, -0.05) is 103 Å². The molecule has 0 heterocycles. The van der Waals surface area contributed by atoms with Gasteiger partial charge in [-0.2, -0.15) is 0 Å². The zero-order chi connectivity index (χ0) is 23.8. The highest BCUT2D eigenvalue weighted by Gasteiger charge is 2.49. The van der Waals surface area contributed by atoms with Crippen LogP contribution in [0.1, 0.15) is 126 Å². The van der Waals surface area contributed by atoms with Gasteiger partial charge in [-0.05, 0) is 56.2 Å². The van der Waals surface area contributed by atoms with Crippen molar-refractivity contribution in [1.82, 2.24) is 10.9 Å². The largest absolute Gasteiger partial charge is 0.339 e.